The Morgan fingerprint density at radius 2 is 1.04 bits per heavy atom. The van der Waals surface area contributed by atoms with E-state index in [-0.39, 0.29) is 23.0 Å². The van der Waals surface area contributed by atoms with Gasteiger partial charge in [-0.15, -0.1) is 0 Å². The van der Waals surface area contributed by atoms with Crippen LogP contribution in [0.5, 0.6) is 0 Å². The molecule has 0 spiro atoms. The number of anilines is 2. The predicted molar refractivity (Wildman–Crippen MR) is 213 cm³/mol. The van der Waals surface area contributed by atoms with E-state index in [0.717, 1.165) is 104 Å². The fourth-order valence-electron chi connectivity index (χ4n) is 6.54. The molecular formula is C37H71N12O4+3. The van der Waals surface area contributed by atoms with Crippen LogP contribution in [0, 0.1) is 13.8 Å². The summed E-state index contributed by atoms with van der Waals surface area (Å²) < 4.78 is 2.74. The molecule has 0 aromatic carbocycles. The van der Waals surface area contributed by atoms with Crippen LogP contribution in [0.2, 0.25) is 0 Å². The van der Waals surface area contributed by atoms with Crippen LogP contribution in [-0.2, 0) is 0 Å². The summed E-state index contributed by atoms with van der Waals surface area (Å²) in [6, 6.07) is 1.98. The molecule has 16 heteroatoms. The minimum Gasteiger partial charge on any atom is -0.338 e. The number of carbonyl (C=O) groups excluding carboxylic acids is 2. The predicted octanol–water partition coefficient (Wildman–Crippen LogP) is 2.70. The monoisotopic (exact) mass is 748 g/mol. The first-order valence-corrected chi connectivity index (χ1v) is 19.2. The third-order valence-electron chi connectivity index (χ3n) is 9.53. The van der Waals surface area contributed by atoms with E-state index in [1.807, 2.05) is 0 Å². The average Bonchev–Trinajstić information content (AvgIpc) is 3.01. The molecule has 0 aliphatic rings. The second-order valence-electron chi connectivity index (χ2n) is 16.5. The van der Waals surface area contributed by atoms with E-state index >= 15 is 0 Å². The molecule has 2 aromatic heterocycles. The van der Waals surface area contributed by atoms with Crippen LogP contribution in [0.4, 0.5) is 21.5 Å². The van der Waals surface area contributed by atoms with Crippen molar-refractivity contribution >= 4 is 24.0 Å². The van der Waals surface area contributed by atoms with Crippen LogP contribution >= 0.6 is 0 Å². The Kier molecular flexibility index (Phi) is 19.1. The van der Waals surface area contributed by atoms with Crippen molar-refractivity contribution in [3.63, 3.8) is 0 Å². The first-order chi connectivity index (χ1) is 24.9. The van der Waals surface area contributed by atoms with E-state index in [0.29, 0.717) is 24.5 Å². The summed E-state index contributed by atoms with van der Waals surface area (Å²) in [6.45, 7) is 12.5. The number of unbranched alkanes of at least 4 members (excludes halogenated alkanes) is 4. The lowest BCUT2D eigenvalue weighted by Gasteiger charge is -2.38. The first-order valence-electron chi connectivity index (χ1n) is 19.2. The van der Waals surface area contributed by atoms with Crippen molar-refractivity contribution in [3.8, 4) is 0 Å². The molecule has 53 heavy (non-hydrogen) atoms. The van der Waals surface area contributed by atoms with Crippen molar-refractivity contribution in [2.75, 3.05) is 125 Å². The van der Waals surface area contributed by atoms with Gasteiger partial charge in [0.25, 0.3) is 11.1 Å². The molecule has 0 bridgehead atoms. The molecule has 2 aromatic rings. The maximum Gasteiger partial charge on any atom is 0.321 e. The van der Waals surface area contributed by atoms with E-state index < -0.39 is 12.1 Å². The fourth-order valence-corrected chi connectivity index (χ4v) is 6.54. The maximum atomic E-state index is 12.7. The normalized spacial score (nSPS) is 14.0. The number of amides is 4. The number of H-pyrrole nitrogens is 2. The number of hydrogen-bond donors (Lipinski definition) is 6. The fraction of sp³-hybridized carbons (Fsp3) is 0.730. The molecule has 0 radical (unpaired) electrons. The average molecular weight is 748 g/mol. The standard InChI is InChI=1S/C37H68N12O4/c1-30-28-32(50)42-34(40-30)44-36(52)38-18-16-24-48(8,22-15-11-13-21-47(5,6)7)25-17-26-49(9,23-14-10-12-20-46(3)4)27-19-39-37(53)45-35-41-31(2)29-33(51)43-35/h28-29H,10-27H2,1-9H3,(H3-3,38,39,40,41,42,43,44,45,50,51,52,53)/p+3. The number of nitrogens with one attached hydrogen (secondary N) is 6. The van der Waals surface area contributed by atoms with Crippen molar-refractivity contribution in [2.45, 2.75) is 65.2 Å². The lowest BCUT2D eigenvalue weighted by atomic mass is 10.1. The van der Waals surface area contributed by atoms with Gasteiger partial charge >= 0.3 is 12.1 Å². The van der Waals surface area contributed by atoms with Crippen LogP contribution < -0.4 is 32.4 Å². The minimum atomic E-state index is -0.392. The van der Waals surface area contributed by atoms with Crippen molar-refractivity contribution in [1.82, 2.24) is 35.5 Å². The van der Waals surface area contributed by atoms with E-state index in [1.165, 1.54) is 25.0 Å². The number of quaternary nitrogens is 3. The SMILES string of the molecule is Cc1cc(=O)[nH]c(NC(=O)NCCC[N+](C)(CCCCC[N+](C)(C)C)CCC[N+](C)(CCCCCN(C)C)CCNC(=O)Nc2nc(C)cc(=O)[nH]2)n1. The summed E-state index contributed by atoms with van der Waals surface area (Å²) in [5.74, 6) is 0.270. The van der Waals surface area contributed by atoms with Crippen molar-refractivity contribution in [2.24, 2.45) is 0 Å². The third kappa shape index (κ3) is 20.8. The second kappa shape index (κ2) is 22.4. The maximum absolute atomic E-state index is 12.7. The molecule has 6 N–H and O–H groups in total. The molecule has 2 rings (SSSR count). The Bertz CT molecular complexity index is 1520. The molecule has 2 heterocycles. The van der Waals surface area contributed by atoms with Gasteiger partial charge in [-0.05, 0) is 73.0 Å². The van der Waals surface area contributed by atoms with Crippen LogP contribution in [0.3, 0.4) is 0 Å². The topological polar surface area (TPSA) is 177 Å². The highest BCUT2D eigenvalue weighted by molar-refractivity contribution is 5.87. The zero-order valence-electron chi connectivity index (χ0n) is 34.2. The van der Waals surface area contributed by atoms with E-state index in [1.54, 1.807) is 13.8 Å². The van der Waals surface area contributed by atoms with Crippen molar-refractivity contribution in [1.29, 1.82) is 0 Å². The molecule has 0 aliphatic heterocycles. The summed E-state index contributed by atoms with van der Waals surface area (Å²) >= 11 is 0. The van der Waals surface area contributed by atoms with Crippen LogP contribution in [0.1, 0.15) is 62.8 Å². The third-order valence-corrected chi connectivity index (χ3v) is 9.53. The van der Waals surface area contributed by atoms with Gasteiger partial charge < -0.3 is 29.0 Å². The number of aryl methyl sites for hydroxylation is 2. The lowest BCUT2D eigenvalue weighted by molar-refractivity contribution is -0.927. The van der Waals surface area contributed by atoms with Crippen LogP contribution in [0.15, 0.2) is 21.7 Å². The van der Waals surface area contributed by atoms with E-state index in [9.17, 15) is 19.2 Å². The molecule has 2 atom stereocenters. The van der Waals surface area contributed by atoms with Gasteiger partial charge in [0, 0.05) is 42.9 Å². The van der Waals surface area contributed by atoms with Crippen LogP contribution in [0.25, 0.3) is 0 Å². The van der Waals surface area contributed by atoms with E-state index in [2.05, 4.69) is 95.4 Å². The van der Waals surface area contributed by atoms with Gasteiger partial charge in [0.05, 0.1) is 87.6 Å². The molecule has 0 saturated carbocycles. The van der Waals surface area contributed by atoms with Crippen LogP contribution in [-0.4, -0.2) is 165 Å². The van der Waals surface area contributed by atoms with E-state index in [4.69, 9.17) is 0 Å². The summed E-state index contributed by atoms with van der Waals surface area (Å²) in [6.07, 6.45) is 8.81. The molecule has 0 aliphatic carbocycles. The Labute approximate surface area is 316 Å². The zero-order chi connectivity index (χ0) is 39.5. The number of carbonyl (C=O) groups is 2. The van der Waals surface area contributed by atoms with Gasteiger partial charge in [-0.2, -0.15) is 0 Å². The van der Waals surface area contributed by atoms with Gasteiger partial charge in [0.2, 0.25) is 11.9 Å². The number of urea groups is 2. The molecular weight excluding hydrogens is 676 g/mol. The molecule has 16 nitrogen and oxygen atoms in total. The number of hydrogen-bond acceptors (Lipinski definition) is 7. The number of likely N-dealkylation sites (N-methyl/N-ethyl adjacent to an activating group) is 1. The van der Waals surface area contributed by atoms with Gasteiger partial charge in [0.15, 0.2) is 0 Å². The Morgan fingerprint density at radius 1 is 0.604 bits per heavy atom. The van der Waals surface area contributed by atoms with Gasteiger partial charge in [0.1, 0.15) is 0 Å². The number of rotatable bonds is 25. The van der Waals surface area contributed by atoms with Gasteiger partial charge in [-0.3, -0.25) is 30.2 Å². The van der Waals surface area contributed by atoms with Crippen molar-refractivity contribution < 1.29 is 23.0 Å². The molecule has 0 saturated heterocycles. The highest BCUT2D eigenvalue weighted by atomic mass is 16.2. The zero-order valence-corrected chi connectivity index (χ0v) is 34.2. The Hall–Kier alpha value is -3.86. The lowest BCUT2D eigenvalue weighted by Crippen LogP contribution is -2.53. The molecule has 4 amide bonds. The summed E-state index contributed by atoms with van der Waals surface area (Å²) in [4.78, 5) is 64.4. The van der Waals surface area contributed by atoms with Gasteiger partial charge in [-0.1, -0.05) is 0 Å². The Morgan fingerprint density at radius 3 is 1.53 bits per heavy atom. The highest BCUT2D eigenvalue weighted by Crippen LogP contribution is 2.15. The Balaban J connectivity index is 2.00. The second-order valence-corrected chi connectivity index (χ2v) is 16.5. The summed E-state index contributed by atoms with van der Waals surface area (Å²) in [5.41, 5.74) is 0.455. The number of aromatic nitrogens is 4. The molecule has 0 fully saturated rings. The first kappa shape index (κ1) is 45.3. The smallest absolute Gasteiger partial charge is 0.321 e. The van der Waals surface area contributed by atoms with Crippen molar-refractivity contribution in [3.05, 3.63) is 44.2 Å². The highest BCUT2D eigenvalue weighted by Gasteiger charge is 2.26. The number of nitrogens with zero attached hydrogens (tertiary/aromatic N) is 6. The quantitative estimate of drug-likeness (QED) is 0.0669. The molecule has 2 unspecified atom stereocenters. The summed E-state index contributed by atoms with van der Waals surface area (Å²) in [7, 11) is 15.5. The van der Waals surface area contributed by atoms with Gasteiger partial charge in [-0.25, -0.2) is 19.6 Å². The molecule has 300 valence electrons. The summed E-state index contributed by atoms with van der Waals surface area (Å²) in [5, 5.41) is 11.2. The largest absolute Gasteiger partial charge is 0.338 e. The minimum absolute atomic E-state index is 0.135. The number of aromatic amines is 2.